The van der Waals surface area contributed by atoms with Crippen molar-refractivity contribution in [2.45, 2.75) is 31.7 Å². The number of benzene rings is 1. The van der Waals surface area contributed by atoms with E-state index in [1.165, 1.54) is 0 Å². The highest BCUT2D eigenvalue weighted by atomic mass is 35.5. The lowest BCUT2D eigenvalue weighted by Crippen LogP contribution is -2.45. The minimum atomic E-state index is -0.942. The lowest BCUT2D eigenvalue weighted by molar-refractivity contribution is -0.121. The third-order valence-electron chi connectivity index (χ3n) is 2.08. The lowest BCUT2D eigenvalue weighted by atomic mass is 10.1. The molecule has 1 aromatic carbocycles. The summed E-state index contributed by atoms with van der Waals surface area (Å²) in [5.74, 6) is -0.570. The molecule has 5 nitrogen and oxygen atoms in total. The van der Waals surface area contributed by atoms with E-state index in [0.29, 0.717) is 10.6 Å². The van der Waals surface area contributed by atoms with Crippen LogP contribution in [0.3, 0.4) is 0 Å². The molecule has 0 aromatic heterocycles. The van der Waals surface area contributed by atoms with Gasteiger partial charge in [0.05, 0.1) is 0 Å². The first-order chi connectivity index (χ1) is 9.19. The van der Waals surface area contributed by atoms with E-state index in [9.17, 15) is 9.59 Å². The fourth-order valence-corrected chi connectivity index (χ4v) is 1.59. The quantitative estimate of drug-likeness (QED) is 0.650. The zero-order chi connectivity index (χ0) is 15.3. The molecule has 2 amide bonds. The van der Waals surface area contributed by atoms with E-state index in [-0.39, 0.29) is 0 Å². The Bertz CT molecular complexity index is 483. The zero-order valence-electron chi connectivity index (χ0n) is 11.4. The molecule has 0 radical (unpaired) electrons. The van der Waals surface area contributed by atoms with Crippen LogP contribution in [0.2, 0.25) is 5.02 Å². The molecule has 1 unspecified atom stereocenters. The summed E-state index contributed by atoms with van der Waals surface area (Å²) < 4.78 is 4.96. The standard InChI is InChI=1S/C13H16Cl2N2O3/c1-13(2,3)20-12(19)17-16-11(18)10(15)8-4-6-9(14)7-5-8/h4-7,10H,1-3H3,(H,16,18)(H,17,19). The van der Waals surface area contributed by atoms with Crippen LogP contribution in [0, 0.1) is 0 Å². The second kappa shape index (κ2) is 6.81. The summed E-state index contributed by atoms with van der Waals surface area (Å²) in [6, 6.07) is 6.52. The Morgan fingerprint density at radius 3 is 2.20 bits per heavy atom. The number of halogens is 2. The van der Waals surface area contributed by atoms with Gasteiger partial charge in [-0.25, -0.2) is 10.2 Å². The van der Waals surface area contributed by atoms with Crippen LogP contribution in [-0.2, 0) is 9.53 Å². The van der Waals surface area contributed by atoms with E-state index >= 15 is 0 Å². The first-order valence-electron chi connectivity index (χ1n) is 5.87. The van der Waals surface area contributed by atoms with Gasteiger partial charge in [0.25, 0.3) is 5.91 Å². The number of amides is 2. The van der Waals surface area contributed by atoms with Crippen LogP contribution in [0.1, 0.15) is 31.7 Å². The number of carbonyl (C=O) groups is 2. The summed E-state index contributed by atoms with van der Waals surface area (Å²) in [6.45, 7) is 5.14. The lowest BCUT2D eigenvalue weighted by Gasteiger charge is -2.20. The summed E-state index contributed by atoms with van der Waals surface area (Å²) in [6.07, 6.45) is -0.758. The molecule has 1 aromatic rings. The average Bonchev–Trinajstić information content (AvgIpc) is 2.34. The number of hydrogen-bond donors (Lipinski definition) is 2. The molecule has 0 saturated carbocycles. The Balaban J connectivity index is 2.50. The summed E-state index contributed by atoms with van der Waals surface area (Å²) in [5, 5.41) is -0.396. The summed E-state index contributed by atoms with van der Waals surface area (Å²) in [7, 11) is 0. The summed E-state index contributed by atoms with van der Waals surface area (Å²) in [5.41, 5.74) is 4.24. The van der Waals surface area contributed by atoms with Crippen LogP contribution >= 0.6 is 23.2 Å². The van der Waals surface area contributed by atoms with Gasteiger partial charge in [-0.2, -0.15) is 0 Å². The molecule has 0 bridgehead atoms. The molecule has 7 heteroatoms. The van der Waals surface area contributed by atoms with Gasteiger partial charge in [-0.15, -0.1) is 11.6 Å². The molecule has 0 aliphatic rings. The van der Waals surface area contributed by atoms with Gasteiger partial charge in [-0.05, 0) is 38.5 Å². The second-order valence-corrected chi connectivity index (χ2v) is 5.90. The number of rotatable bonds is 2. The van der Waals surface area contributed by atoms with E-state index in [2.05, 4.69) is 10.9 Å². The second-order valence-electron chi connectivity index (χ2n) is 5.03. The van der Waals surface area contributed by atoms with Crippen molar-refractivity contribution in [3.05, 3.63) is 34.9 Å². The van der Waals surface area contributed by atoms with E-state index in [1.807, 2.05) is 0 Å². The van der Waals surface area contributed by atoms with Gasteiger partial charge in [0.2, 0.25) is 0 Å². The monoisotopic (exact) mass is 318 g/mol. The minimum absolute atomic E-state index is 0.546. The van der Waals surface area contributed by atoms with Gasteiger partial charge < -0.3 is 4.74 Å². The van der Waals surface area contributed by atoms with Crippen molar-refractivity contribution in [3.8, 4) is 0 Å². The van der Waals surface area contributed by atoms with E-state index in [1.54, 1.807) is 45.0 Å². The first kappa shape index (κ1) is 16.6. The van der Waals surface area contributed by atoms with Gasteiger partial charge in [-0.3, -0.25) is 10.2 Å². The molecule has 0 heterocycles. The van der Waals surface area contributed by atoms with Gasteiger partial charge in [0.1, 0.15) is 11.0 Å². The van der Waals surface area contributed by atoms with Gasteiger partial charge in [0.15, 0.2) is 0 Å². The van der Waals surface area contributed by atoms with Crippen LogP contribution in [0.25, 0.3) is 0 Å². The number of carbonyl (C=O) groups excluding carboxylic acids is 2. The number of alkyl halides is 1. The van der Waals surface area contributed by atoms with Crippen molar-refractivity contribution >= 4 is 35.2 Å². The number of hydrazine groups is 1. The maximum atomic E-state index is 11.8. The number of nitrogens with one attached hydrogen (secondary N) is 2. The average molecular weight is 319 g/mol. The third-order valence-corrected chi connectivity index (χ3v) is 2.78. The van der Waals surface area contributed by atoms with Crippen molar-refractivity contribution < 1.29 is 14.3 Å². The van der Waals surface area contributed by atoms with Gasteiger partial charge in [0, 0.05) is 5.02 Å². The Kier molecular flexibility index (Phi) is 5.65. The maximum absolute atomic E-state index is 11.8. The Morgan fingerprint density at radius 1 is 1.15 bits per heavy atom. The van der Waals surface area contributed by atoms with Gasteiger partial charge in [-0.1, -0.05) is 23.7 Å². The van der Waals surface area contributed by atoms with Crippen molar-refractivity contribution in [3.63, 3.8) is 0 Å². The highest BCUT2D eigenvalue weighted by molar-refractivity contribution is 6.31. The Hall–Kier alpha value is -1.46. The van der Waals surface area contributed by atoms with Gasteiger partial charge >= 0.3 is 6.09 Å². The summed E-state index contributed by atoms with van der Waals surface area (Å²) in [4.78, 5) is 23.1. The molecule has 110 valence electrons. The molecule has 0 aliphatic heterocycles. The van der Waals surface area contributed by atoms with Crippen molar-refractivity contribution in [1.82, 2.24) is 10.9 Å². The predicted molar refractivity (Wildman–Crippen MR) is 77.6 cm³/mol. The Morgan fingerprint density at radius 2 is 1.70 bits per heavy atom. The largest absolute Gasteiger partial charge is 0.443 e. The van der Waals surface area contributed by atoms with E-state index in [0.717, 1.165) is 0 Å². The molecule has 1 rings (SSSR count). The topological polar surface area (TPSA) is 67.4 Å². The molecule has 0 spiro atoms. The van der Waals surface area contributed by atoms with Crippen LogP contribution in [0.4, 0.5) is 4.79 Å². The molecular formula is C13H16Cl2N2O3. The predicted octanol–water partition coefficient (Wildman–Crippen LogP) is 3.18. The minimum Gasteiger partial charge on any atom is -0.443 e. The molecule has 2 N–H and O–H groups in total. The number of hydrogen-bond acceptors (Lipinski definition) is 3. The van der Waals surface area contributed by atoms with Crippen molar-refractivity contribution in [2.75, 3.05) is 0 Å². The third kappa shape index (κ3) is 5.67. The molecule has 0 saturated heterocycles. The normalized spacial score (nSPS) is 12.4. The first-order valence-corrected chi connectivity index (χ1v) is 6.69. The van der Waals surface area contributed by atoms with Crippen molar-refractivity contribution in [2.24, 2.45) is 0 Å². The molecule has 20 heavy (non-hydrogen) atoms. The molecule has 1 atom stereocenters. The van der Waals surface area contributed by atoms with E-state index < -0.39 is 23.0 Å². The zero-order valence-corrected chi connectivity index (χ0v) is 12.9. The molecule has 0 aliphatic carbocycles. The SMILES string of the molecule is CC(C)(C)OC(=O)NNC(=O)C(Cl)c1ccc(Cl)cc1. The van der Waals surface area contributed by atoms with Crippen LogP contribution in [-0.4, -0.2) is 17.6 Å². The maximum Gasteiger partial charge on any atom is 0.426 e. The fraction of sp³-hybridized carbons (Fsp3) is 0.385. The highest BCUT2D eigenvalue weighted by Gasteiger charge is 2.20. The van der Waals surface area contributed by atoms with Crippen LogP contribution < -0.4 is 10.9 Å². The van der Waals surface area contributed by atoms with Crippen LogP contribution in [0.15, 0.2) is 24.3 Å². The summed E-state index contributed by atoms with van der Waals surface area (Å²) >= 11 is 11.7. The molecule has 0 fully saturated rings. The highest BCUT2D eigenvalue weighted by Crippen LogP contribution is 2.22. The number of ether oxygens (including phenoxy) is 1. The molecular weight excluding hydrogens is 303 g/mol. The smallest absolute Gasteiger partial charge is 0.426 e. The fourth-order valence-electron chi connectivity index (χ4n) is 1.26. The van der Waals surface area contributed by atoms with Crippen molar-refractivity contribution in [1.29, 1.82) is 0 Å². The van der Waals surface area contributed by atoms with Crippen LogP contribution in [0.5, 0.6) is 0 Å². The Labute approximate surface area is 127 Å². The van der Waals surface area contributed by atoms with E-state index in [4.69, 9.17) is 27.9 Å².